The van der Waals surface area contributed by atoms with Crippen LogP contribution in [-0.2, 0) is 13.1 Å². The molecule has 0 bridgehead atoms. The van der Waals surface area contributed by atoms with Crippen LogP contribution in [0.3, 0.4) is 0 Å². The highest BCUT2D eigenvalue weighted by atomic mass is 32.1. The van der Waals surface area contributed by atoms with Gasteiger partial charge in [-0.1, -0.05) is 38.1 Å². The van der Waals surface area contributed by atoms with Crippen LogP contribution in [0.5, 0.6) is 0 Å². The third kappa shape index (κ3) is 3.52. The van der Waals surface area contributed by atoms with Gasteiger partial charge < -0.3 is 10.6 Å². The molecule has 2 rings (SSSR count). The van der Waals surface area contributed by atoms with Crippen LogP contribution in [0.15, 0.2) is 24.3 Å². The van der Waals surface area contributed by atoms with Gasteiger partial charge in [0.1, 0.15) is 5.82 Å². The van der Waals surface area contributed by atoms with Gasteiger partial charge in [0.25, 0.3) is 0 Å². The van der Waals surface area contributed by atoms with Gasteiger partial charge in [0.15, 0.2) is 0 Å². The van der Waals surface area contributed by atoms with Crippen LogP contribution < -0.4 is 10.6 Å². The summed E-state index contributed by atoms with van der Waals surface area (Å²) in [5.74, 6) is 1.30. The van der Waals surface area contributed by atoms with Crippen molar-refractivity contribution in [3.63, 3.8) is 0 Å². The van der Waals surface area contributed by atoms with Crippen molar-refractivity contribution in [1.82, 2.24) is 9.36 Å². The highest BCUT2D eigenvalue weighted by Crippen LogP contribution is 2.21. The van der Waals surface area contributed by atoms with Crippen LogP contribution in [-0.4, -0.2) is 16.4 Å². The van der Waals surface area contributed by atoms with Crippen molar-refractivity contribution < 1.29 is 0 Å². The number of hydrogen-bond acceptors (Lipinski definition) is 5. The van der Waals surface area contributed by atoms with Gasteiger partial charge in [0, 0.05) is 37.6 Å². The fraction of sp³-hybridized carbons (Fsp3) is 0.429. The summed E-state index contributed by atoms with van der Waals surface area (Å²) in [6.07, 6.45) is 0. The normalized spacial score (nSPS) is 11.0. The number of rotatable bonds is 5. The number of benzene rings is 1. The largest absolute Gasteiger partial charge is 0.346 e. The van der Waals surface area contributed by atoms with Gasteiger partial charge in [0.05, 0.1) is 0 Å². The van der Waals surface area contributed by atoms with Crippen LogP contribution in [0.1, 0.15) is 36.7 Å². The van der Waals surface area contributed by atoms with Crippen molar-refractivity contribution >= 4 is 16.7 Å². The Morgan fingerprint density at radius 1 is 1.21 bits per heavy atom. The fourth-order valence-electron chi connectivity index (χ4n) is 1.74. The predicted molar refractivity (Wildman–Crippen MR) is 80.4 cm³/mol. The summed E-state index contributed by atoms with van der Waals surface area (Å²) in [4.78, 5) is 6.68. The second kappa shape index (κ2) is 6.12. The molecule has 0 atom stereocenters. The first-order valence-electron chi connectivity index (χ1n) is 6.42. The molecule has 19 heavy (non-hydrogen) atoms. The smallest absolute Gasteiger partial charge is 0.205 e. The molecular formula is C14H20N4S. The summed E-state index contributed by atoms with van der Waals surface area (Å²) in [5, 5.41) is 0.964. The maximum Gasteiger partial charge on any atom is 0.205 e. The van der Waals surface area contributed by atoms with Gasteiger partial charge in [-0.25, -0.2) is 4.98 Å². The van der Waals surface area contributed by atoms with E-state index in [1.807, 2.05) is 7.05 Å². The van der Waals surface area contributed by atoms with Gasteiger partial charge in [-0.3, -0.25) is 0 Å². The Labute approximate surface area is 118 Å². The van der Waals surface area contributed by atoms with Crippen molar-refractivity contribution in [2.24, 2.45) is 5.73 Å². The minimum Gasteiger partial charge on any atom is -0.346 e. The summed E-state index contributed by atoms with van der Waals surface area (Å²) in [6.45, 7) is 5.64. The molecule has 5 heteroatoms. The van der Waals surface area contributed by atoms with Gasteiger partial charge in [-0.2, -0.15) is 4.37 Å². The molecule has 0 saturated carbocycles. The molecule has 1 heterocycles. The van der Waals surface area contributed by atoms with Crippen molar-refractivity contribution in [2.45, 2.75) is 32.9 Å². The first-order chi connectivity index (χ1) is 9.10. The Bertz CT molecular complexity index is 518. The Morgan fingerprint density at radius 2 is 1.84 bits per heavy atom. The molecule has 0 aliphatic heterocycles. The van der Waals surface area contributed by atoms with Crippen molar-refractivity contribution in [3.05, 3.63) is 41.2 Å². The Balaban J connectivity index is 2.04. The second-order valence-corrected chi connectivity index (χ2v) is 5.70. The van der Waals surface area contributed by atoms with Crippen molar-refractivity contribution in [2.75, 3.05) is 11.9 Å². The molecule has 1 aromatic heterocycles. The van der Waals surface area contributed by atoms with Gasteiger partial charge >= 0.3 is 0 Å². The first kappa shape index (κ1) is 14.0. The number of nitrogens with two attached hydrogens (primary N) is 1. The lowest BCUT2D eigenvalue weighted by atomic mass is 10.1. The minimum absolute atomic E-state index is 0.377. The highest BCUT2D eigenvalue weighted by molar-refractivity contribution is 7.09. The molecule has 4 nitrogen and oxygen atoms in total. The topological polar surface area (TPSA) is 55.0 Å². The molecular weight excluding hydrogens is 256 g/mol. The van der Waals surface area contributed by atoms with Crippen LogP contribution in [0, 0.1) is 0 Å². The molecule has 0 fully saturated rings. The molecule has 2 aromatic rings. The summed E-state index contributed by atoms with van der Waals surface area (Å²) in [5.41, 5.74) is 8.00. The lowest BCUT2D eigenvalue weighted by molar-refractivity contribution is 0.792. The maximum atomic E-state index is 5.60. The zero-order valence-corrected chi connectivity index (χ0v) is 12.4. The van der Waals surface area contributed by atoms with Crippen molar-refractivity contribution in [3.8, 4) is 0 Å². The van der Waals surface area contributed by atoms with E-state index >= 15 is 0 Å². The molecule has 1 aromatic carbocycles. The average Bonchev–Trinajstić information content (AvgIpc) is 2.89. The van der Waals surface area contributed by atoms with Crippen molar-refractivity contribution in [1.29, 1.82) is 0 Å². The SMILES string of the molecule is CC(C)c1nsc(N(C)Cc2ccc(CN)cc2)n1. The van der Waals surface area contributed by atoms with E-state index in [1.165, 1.54) is 17.1 Å². The minimum atomic E-state index is 0.377. The summed E-state index contributed by atoms with van der Waals surface area (Å²) >= 11 is 1.46. The summed E-state index contributed by atoms with van der Waals surface area (Å²) in [6, 6.07) is 8.37. The van der Waals surface area contributed by atoms with E-state index in [0.29, 0.717) is 12.5 Å². The maximum absolute atomic E-state index is 5.60. The van der Waals surface area contributed by atoms with E-state index in [-0.39, 0.29) is 0 Å². The monoisotopic (exact) mass is 276 g/mol. The molecule has 2 N–H and O–H groups in total. The lowest BCUT2D eigenvalue weighted by Gasteiger charge is -2.15. The quantitative estimate of drug-likeness (QED) is 0.912. The lowest BCUT2D eigenvalue weighted by Crippen LogP contribution is -2.16. The summed E-state index contributed by atoms with van der Waals surface area (Å²) in [7, 11) is 2.04. The zero-order valence-electron chi connectivity index (χ0n) is 11.6. The molecule has 0 aliphatic rings. The third-order valence-electron chi connectivity index (χ3n) is 2.95. The second-order valence-electron chi connectivity index (χ2n) is 4.97. The predicted octanol–water partition coefficient (Wildman–Crippen LogP) is 2.76. The highest BCUT2D eigenvalue weighted by Gasteiger charge is 2.11. The van der Waals surface area contributed by atoms with Crippen LogP contribution >= 0.6 is 11.5 Å². The zero-order chi connectivity index (χ0) is 13.8. The third-order valence-corrected chi connectivity index (χ3v) is 3.80. The van der Waals surface area contributed by atoms with Crippen LogP contribution in [0.25, 0.3) is 0 Å². The first-order valence-corrected chi connectivity index (χ1v) is 7.20. The van der Waals surface area contributed by atoms with E-state index in [2.05, 4.69) is 52.4 Å². The number of anilines is 1. The Morgan fingerprint density at radius 3 is 2.37 bits per heavy atom. The van der Waals surface area contributed by atoms with Crippen LogP contribution in [0.4, 0.5) is 5.13 Å². The number of nitrogens with zero attached hydrogens (tertiary/aromatic N) is 3. The van der Waals surface area contributed by atoms with E-state index < -0.39 is 0 Å². The molecule has 0 amide bonds. The standard InChI is InChI=1S/C14H20N4S/c1-10(2)13-16-14(19-17-13)18(3)9-12-6-4-11(8-15)5-7-12/h4-7,10H,8-9,15H2,1-3H3. The van der Waals surface area contributed by atoms with E-state index in [4.69, 9.17) is 5.73 Å². The van der Waals surface area contributed by atoms with Gasteiger partial charge in [-0.15, -0.1) is 0 Å². The Kier molecular flexibility index (Phi) is 4.50. The van der Waals surface area contributed by atoms with E-state index in [9.17, 15) is 0 Å². The number of hydrogen-bond donors (Lipinski definition) is 1. The van der Waals surface area contributed by atoms with Gasteiger partial charge in [-0.05, 0) is 11.1 Å². The fourth-order valence-corrected chi connectivity index (χ4v) is 2.50. The Hall–Kier alpha value is -1.46. The molecule has 102 valence electrons. The average molecular weight is 276 g/mol. The van der Waals surface area contributed by atoms with E-state index in [0.717, 1.165) is 23.1 Å². The van der Waals surface area contributed by atoms with Gasteiger partial charge in [0.2, 0.25) is 5.13 Å². The van der Waals surface area contributed by atoms with E-state index in [1.54, 1.807) is 0 Å². The molecule has 0 unspecified atom stereocenters. The number of aromatic nitrogens is 2. The summed E-state index contributed by atoms with van der Waals surface area (Å²) < 4.78 is 4.38. The molecule has 0 radical (unpaired) electrons. The molecule has 0 aliphatic carbocycles. The molecule has 0 saturated heterocycles. The molecule has 0 spiro atoms. The van der Waals surface area contributed by atoms with Crippen LogP contribution in [0.2, 0.25) is 0 Å².